The Bertz CT molecular complexity index is 942. The van der Waals surface area contributed by atoms with Gasteiger partial charge in [0.25, 0.3) is 11.8 Å². The number of ether oxygens (including phenoxy) is 3. The molecule has 0 unspecified atom stereocenters. The lowest BCUT2D eigenvalue weighted by Gasteiger charge is -2.37. The summed E-state index contributed by atoms with van der Waals surface area (Å²) < 4.78 is 17.0. The highest BCUT2D eigenvalue weighted by molar-refractivity contribution is 5.98. The first-order chi connectivity index (χ1) is 14.6. The van der Waals surface area contributed by atoms with Crippen LogP contribution >= 0.6 is 0 Å². The fourth-order valence-electron chi connectivity index (χ4n) is 4.28. The summed E-state index contributed by atoms with van der Waals surface area (Å²) in [5.41, 5.74) is 2.38. The van der Waals surface area contributed by atoms with Gasteiger partial charge in [-0.25, -0.2) is 0 Å². The van der Waals surface area contributed by atoms with E-state index in [9.17, 15) is 9.59 Å². The van der Waals surface area contributed by atoms with Gasteiger partial charge >= 0.3 is 0 Å². The molecule has 3 aliphatic heterocycles. The van der Waals surface area contributed by atoms with Crippen molar-refractivity contribution >= 4 is 17.5 Å². The molecule has 0 aromatic heterocycles. The Labute approximate surface area is 175 Å². The van der Waals surface area contributed by atoms with Crippen LogP contribution in [-0.2, 0) is 20.8 Å². The Morgan fingerprint density at radius 3 is 2.40 bits per heavy atom. The number of nitrogens with zero attached hydrogens (tertiary/aromatic N) is 2. The van der Waals surface area contributed by atoms with E-state index in [4.69, 9.17) is 14.2 Å². The van der Waals surface area contributed by atoms with E-state index in [1.807, 2.05) is 53.4 Å². The lowest BCUT2D eigenvalue weighted by molar-refractivity contribution is -0.181. The summed E-state index contributed by atoms with van der Waals surface area (Å²) in [5, 5.41) is 0. The molecule has 3 heterocycles. The number of para-hydroxylation sites is 2. The summed E-state index contributed by atoms with van der Waals surface area (Å²) in [7, 11) is 0. The standard InChI is InChI=1S/C23H24N2O5/c26-21-16-28-20-4-2-1-3-19(20)25(21)15-17-5-7-18(8-6-17)22(27)24-11-9-23(10-12-24)29-13-14-30-23/h1-8H,9-16H2. The molecule has 156 valence electrons. The highest BCUT2D eigenvalue weighted by atomic mass is 16.7. The zero-order valence-electron chi connectivity index (χ0n) is 16.7. The van der Waals surface area contributed by atoms with Crippen LogP contribution in [0.4, 0.5) is 5.69 Å². The summed E-state index contributed by atoms with van der Waals surface area (Å²) in [6.07, 6.45) is 1.41. The van der Waals surface area contributed by atoms with Gasteiger partial charge in [-0.1, -0.05) is 24.3 Å². The Morgan fingerprint density at radius 2 is 1.67 bits per heavy atom. The van der Waals surface area contributed by atoms with Crippen LogP contribution in [0.3, 0.4) is 0 Å². The molecule has 2 amide bonds. The second-order valence-electron chi connectivity index (χ2n) is 7.83. The Hall–Kier alpha value is -2.90. The van der Waals surface area contributed by atoms with E-state index >= 15 is 0 Å². The molecular formula is C23H24N2O5. The SMILES string of the molecule is O=C(c1ccc(CN2C(=O)COc3ccccc32)cc1)N1CCC2(CC1)OCCO2. The van der Waals surface area contributed by atoms with Crippen LogP contribution in [0.15, 0.2) is 48.5 Å². The molecule has 5 rings (SSSR count). The summed E-state index contributed by atoms with van der Waals surface area (Å²) in [5.74, 6) is 0.165. The first-order valence-electron chi connectivity index (χ1n) is 10.3. The number of amides is 2. The van der Waals surface area contributed by atoms with Crippen LogP contribution in [-0.4, -0.2) is 55.4 Å². The van der Waals surface area contributed by atoms with Crippen LogP contribution in [0.25, 0.3) is 0 Å². The number of carbonyl (C=O) groups is 2. The molecule has 2 fully saturated rings. The summed E-state index contributed by atoms with van der Waals surface area (Å²) >= 11 is 0. The molecule has 2 aromatic rings. The second kappa shape index (κ2) is 7.74. The van der Waals surface area contributed by atoms with Crippen LogP contribution in [0.1, 0.15) is 28.8 Å². The van der Waals surface area contributed by atoms with Gasteiger partial charge in [0.05, 0.1) is 25.4 Å². The predicted molar refractivity (Wildman–Crippen MR) is 109 cm³/mol. The third kappa shape index (κ3) is 3.55. The summed E-state index contributed by atoms with van der Waals surface area (Å²) in [4.78, 5) is 28.8. The maximum absolute atomic E-state index is 12.9. The number of carbonyl (C=O) groups excluding carboxylic acids is 2. The van der Waals surface area contributed by atoms with Crippen molar-refractivity contribution in [3.8, 4) is 5.75 Å². The molecule has 2 aromatic carbocycles. The fourth-order valence-corrected chi connectivity index (χ4v) is 4.28. The third-order valence-corrected chi connectivity index (χ3v) is 5.98. The molecule has 7 heteroatoms. The number of anilines is 1. The maximum Gasteiger partial charge on any atom is 0.265 e. The smallest absolute Gasteiger partial charge is 0.265 e. The number of fused-ring (bicyclic) bond motifs is 1. The molecule has 0 radical (unpaired) electrons. The number of likely N-dealkylation sites (tertiary alicyclic amines) is 1. The Morgan fingerprint density at radius 1 is 0.967 bits per heavy atom. The average Bonchev–Trinajstić information content (AvgIpc) is 3.24. The van der Waals surface area contributed by atoms with Crippen LogP contribution < -0.4 is 9.64 Å². The minimum Gasteiger partial charge on any atom is -0.482 e. The van der Waals surface area contributed by atoms with Crippen molar-refractivity contribution in [3.05, 3.63) is 59.7 Å². The first-order valence-corrected chi connectivity index (χ1v) is 10.3. The number of benzene rings is 2. The number of rotatable bonds is 3. The summed E-state index contributed by atoms with van der Waals surface area (Å²) in [6, 6.07) is 15.0. The van der Waals surface area contributed by atoms with E-state index in [0.29, 0.717) is 57.0 Å². The third-order valence-electron chi connectivity index (χ3n) is 5.98. The van der Waals surface area contributed by atoms with Crippen molar-refractivity contribution < 1.29 is 23.8 Å². The van der Waals surface area contributed by atoms with Crippen LogP contribution in [0.5, 0.6) is 5.75 Å². The molecular weight excluding hydrogens is 384 g/mol. The number of piperidine rings is 1. The van der Waals surface area contributed by atoms with Gasteiger partial charge in [-0.05, 0) is 29.8 Å². The van der Waals surface area contributed by atoms with Gasteiger partial charge < -0.3 is 24.0 Å². The van der Waals surface area contributed by atoms with Gasteiger partial charge in [-0.2, -0.15) is 0 Å². The second-order valence-corrected chi connectivity index (χ2v) is 7.83. The van der Waals surface area contributed by atoms with E-state index in [2.05, 4.69) is 0 Å². The molecule has 2 saturated heterocycles. The molecule has 1 spiro atoms. The van der Waals surface area contributed by atoms with E-state index in [1.54, 1.807) is 4.90 Å². The molecule has 30 heavy (non-hydrogen) atoms. The molecule has 0 atom stereocenters. The van der Waals surface area contributed by atoms with Crippen LogP contribution in [0, 0.1) is 0 Å². The normalized spacial score (nSPS) is 20.2. The zero-order valence-corrected chi connectivity index (χ0v) is 16.7. The van der Waals surface area contributed by atoms with Crippen molar-refractivity contribution in [1.29, 1.82) is 0 Å². The van der Waals surface area contributed by atoms with E-state index in [1.165, 1.54) is 0 Å². The zero-order chi connectivity index (χ0) is 20.6. The predicted octanol–water partition coefficient (Wildman–Crippen LogP) is 2.59. The Balaban J connectivity index is 1.25. The molecule has 0 saturated carbocycles. The molecule has 3 aliphatic rings. The monoisotopic (exact) mass is 408 g/mol. The van der Waals surface area contributed by atoms with Gasteiger partial charge in [0.2, 0.25) is 0 Å². The Kier molecular flexibility index (Phi) is 4.92. The fraction of sp³-hybridized carbons (Fsp3) is 0.391. The minimum atomic E-state index is -0.485. The van der Waals surface area contributed by atoms with E-state index < -0.39 is 5.79 Å². The largest absolute Gasteiger partial charge is 0.482 e. The van der Waals surface area contributed by atoms with E-state index in [0.717, 1.165) is 11.3 Å². The van der Waals surface area contributed by atoms with Gasteiger partial charge in [0.1, 0.15) is 5.75 Å². The maximum atomic E-state index is 12.9. The van der Waals surface area contributed by atoms with Crippen molar-refractivity contribution in [2.75, 3.05) is 37.8 Å². The molecule has 0 N–H and O–H groups in total. The minimum absolute atomic E-state index is 0.0159. The molecule has 0 bridgehead atoms. The number of hydrogen-bond donors (Lipinski definition) is 0. The van der Waals surface area contributed by atoms with Gasteiger partial charge in [-0.15, -0.1) is 0 Å². The van der Waals surface area contributed by atoms with Crippen molar-refractivity contribution in [2.45, 2.75) is 25.2 Å². The van der Waals surface area contributed by atoms with Crippen molar-refractivity contribution in [1.82, 2.24) is 4.90 Å². The van der Waals surface area contributed by atoms with Gasteiger partial charge in [0.15, 0.2) is 12.4 Å². The van der Waals surface area contributed by atoms with Crippen LogP contribution in [0.2, 0.25) is 0 Å². The molecule has 0 aliphatic carbocycles. The highest BCUT2D eigenvalue weighted by Gasteiger charge is 2.40. The average molecular weight is 408 g/mol. The first kappa shape index (κ1) is 19.1. The lowest BCUT2D eigenvalue weighted by atomic mass is 10.0. The molecule has 7 nitrogen and oxygen atoms in total. The number of hydrogen-bond acceptors (Lipinski definition) is 5. The summed E-state index contributed by atoms with van der Waals surface area (Å²) in [6.45, 7) is 2.99. The van der Waals surface area contributed by atoms with Gasteiger partial charge in [-0.3, -0.25) is 9.59 Å². The highest BCUT2D eigenvalue weighted by Crippen LogP contribution is 2.33. The van der Waals surface area contributed by atoms with Crippen molar-refractivity contribution in [3.63, 3.8) is 0 Å². The quantitative estimate of drug-likeness (QED) is 0.781. The topological polar surface area (TPSA) is 68.3 Å². The van der Waals surface area contributed by atoms with Gasteiger partial charge in [0, 0.05) is 31.5 Å². The van der Waals surface area contributed by atoms with Crippen molar-refractivity contribution in [2.24, 2.45) is 0 Å². The lowest BCUT2D eigenvalue weighted by Crippen LogP contribution is -2.47. The van der Waals surface area contributed by atoms with E-state index in [-0.39, 0.29) is 18.4 Å².